The molecule has 2 rings (SSSR count). The molecular formula is C16H30N2O. The molecule has 0 saturated heterocycles. The molecule has 0 radical (unpaired) electrons. The number of hydrogen-bond acceptors (Lipinski definition) is 2. The third kappa shape index (κ3) is 5.13. The molecular weight excluding hydrogens is 236 g/mol. The lowest BCUT2D eigenvalue weighted by molar-refractivity contribution is -0.123. The minimum atomic E-state index is 0.305. The summed E-state index contributed by atoms with van der Waals surface area (Å²) in [5.41, 5.74) is 0. The summed E-state index contributed by atoms with van der Waals surface area (Å²) in [6, 6.07) is 1.10. The van der Waals surface area contributed by atoms with E-state index in [0.717, 1.165) is 19.3 Å². The van der Waals surface area contributed by atoms with E-state index < -0.39 is 0 Å². The van der Waals surface area contributed by atoms with Crippen LogP contribution in [-0.4, -0.2) is 25.0 Å². The normalized spacial score (nSPS) is 29.7. The van der Waals surface area contributed by atoms with Crippen LogP contribution >= 0.6 is 0 Å². The van der Waals surface area contributed by atoms with Gasteiger partial charge in [-0.25, -0.2) is 0 Å². The molecule has 0 aromatic carbocycles. The highest BCUT2D eigenvalue weighted by Gasteiger charge is 2.22. The summed E-state index contributed by atoms with van der Waals surface area (Å²) < 4.78 is 0. The van der Waals surface area contributed by atoms with Crippen molar-refractivity contribution in [3.63, 3.8) is 0 Å². The van der Waals surface area contributed by atoms with E-state index in [2.05, 4.69) is 10.6 Å². The Labute approximate surface area is 117 Å². The first-order chi connectivity index (χ1) is 9.28. The van der Waals surface area contributed by atoms with E-state index in [9.17, 15) is 4.79 Å². The zero-order chi connectivity index (χ0) is 13.5. The van der Waals surface area contributed by atoms with Crippen LogP contribution in [0.25, 0.3) is 0 Å². The van der Waals surface area contributed by atoms with Gasteiger partial charge in [-0.2, -0.15) is 0 Å². The number of hydrogen-bond donors (Lipinski definition) is 2. The van der Waals surface area contributed by atoms with Gasteiger partial charge in [0.15, 0.2) is 0 Å². The van der Waals surface area contributed by atoms with Crippen molar-refractivity contribution >= 4 is 5.91 Å². The summed E-state index contributed by atoms with van der Waals surface area (Å²) in [6.07, 6.45) is 13.4. The van der Waals surface area contributed by atoms with Gasteiger partial charge in [-0.15, -0.1) is 0 Å². The van der Waals surface area contributed by atoms with Crippen molar-refractivity contribution in [2.75, 3.05) is 7.05 Å². The molecule has 0 atom stereocenters. The molecule has 0 aromatic rings. The van der Waals surface area contributed by atoms with Crippen LogP contribution in [0.15, 0.2) is 0 Å². The molecule has 2 aliphatic rings. The van der Waals surface area contributed by atoms with Crippen LogP contribution in [0.4, 0.5) is 0 Å². The Balaban J connectivity index is 1.66. The maximum absolute atomic E-state index is 12.1. The molecule has 2 N–H and O–H groups in total. The highest BCUT2D eigenvalue weighted by molar-refractivity contribution is 5.76. The molecule has 0 bridgehead atoms. The van der Waals surface area contributed by atoms with Crippen LogP contribution in [0.3, 0.4) is 0 Å². The van der Waals surface area contributed by atoms with Crippen LogP contribution in [0.1, 0.15) is 70.6 Å². The fraction of sp³-hybridized carbons (Fsp3) is 0.938. The smallest absolute Gasteiger partial charge is 0.220 e. The van der Waals surface area contributed by atoms with E-state index in [0.29, 0.717) is 23.9 Å². The maximum atomic E-state index is 12.1. The second-order valence-corrected chi connectivity index (χ2v) is 6.47. The van der Waals surface area contributed by atoms with Crippen molar-refractivity contribution in [3.05, 3.63) is 0 Å². The molecule has 1 amide bonds. The first kappa shape index (κ1) is 14.8. The average molecular weight is 266 g/mol. The molecule has 0 aliphatic heterocycles. The summed E-state index contributed by atoms with van der Waals surface area (Å²) in [5.74, 6) is 0.955. The zero-order valence-electron chi connectivity index (χ0n) is 12.4. The second-order valence-electron chi connectivity index (χ2n) is 6.47. The Kier molecular flexibility index (Phi) is 6.15. The van der Waals surface area contributed by atoms with E-state index in [4.69, 9.17) is 0 Å². The van der Waals surface area contributed by atoms with Crippen LogP contribution in [0, 0.1) is 5.92 Å². The minimum Gasteiger partial charge on any atom is -0.353 e. The maximum Gasteiger partial charge on any atom is 0.220 e. The van der Waals surface area contributed by atoms with Gasteiger partial charge in [0.1, 0.15) is 0 Å². The lowest BCUT2D eigenvalue weighted by atomic mass is 9.90. The van der Waals surface area contributed by atoms with E-state index in [1.54, 1.807) is 0 Å². The van der Waals surface area contributed by atoms with Crippen molar-refractivity contribution < 1.29 is 4.79 Å². The molecule has 2 saturated carbocycles. The Bertz CT molecular complexity index is 264. The van der Waals surface area contributed by atoms with Gasteiger partial charge in [-0.3, -0.25) is 4.79 Å². The molecule has 0 spiro atoms. The first-order valence-electron chi connectivity index (χ1n) is 8.24. The fourth-order valence-electron chi connectivity index (χ4n) is 3.64. The molecule has 0 heterocycles. The summed E-state index contributed by atoms with van der Waals surface area (Å²) in [7, 11) is 2.04. The number of amides is 1. The van der Waals surface area contributed by atoms with Gasteiger partial charge < -0.3 is 10.6 Å². The van der Waals surface area contributed by atoms with Crippen LogP contribution in [0.5, 0.6) is 0 Å². The quantitative estimate of drug-likeness (QED) is 0.768. The van der Waals surface area contributed by atoms with Gasteiger partial charge in [0.05, 0.1) is 0 Å². The zero-order valence-corrected chi connectivity index (χ0v) is 12.4. The summed E-state index contributed by atoms with van der Waals surface area (Å²) in [6.45, 7) is 0. The Morgan fingerprint density at radius 1 is 0.895 bits per heavy atom. The predicted octanol–water partition coefficient (Wildman–Crippen LogP) is 2.99. The minimum absolute atomic E-state index is 0.305. The first-order valence-corrected chi connectivity index (χ1v) is 8.24. The fourth-order valence-corrected chi connectivity index (χ4v) is 3.64. The van der Waals surface area contributed by atoms with Crippen molar-refractivity contribution in [2.45, 2.75) is 82.7 Å². The van der Waals surface area contributed by atoms with Crippen LogP contribution in [0.2, 0.25) is 0 Å². The van der Waals surface area contributed by atoms with Gasteiger partial charge in [-0.1, -0.05) is 25.7 Å². The average Bonchev–Trinajstić information content (AvgIpc) is 2.68. The van der Waals surface area contributed by atoms with Gasteiger partial charge in [0.2, 0.25) is 5.91 Å². The SMILES string of the molecule is CNC1CCC(NC(=O)CC2CCCCCC2)CC1. The van der Waals surface area contributed by atoms with Gasteiger partial charge in [0.25, 0.3) is 0 Å². The number of nitrogens with one attached hydrogen (secondary N) is 2. The molecule has 2 aliphatic carbocycles. The summed E-state index contributed by atoms with van der Waals surface area (Å²) >= 11 is 0. The van der Waals surface area contributed by atoms with Crippen LogP contribution in [-0.2, 0) is 4.79 Å². The van der Waals surface area contributed by atoms with Gasteiger partial charge in [0, 0.05) is 18.5 Å². The predicted molar refractivity (Wildman–Crippen MR) is 79.1 cm³/mol. The topological polar surface area (TPSA) is 41.1 Å². The van der Waals surface area contributed by atoms with E-state index in [1.807, 2.05) is 7.05 Å². The van der Waals surface area contributed by atoms with Crippen LogP contribution < -0.4 is 10.6 Å². The molecule has 3 heteroatoms. The summed E-state index contributed by atoms with van der Waals surface area (Å²) in [4.78, 5) is 12.1. The van der Waals surface area contributed by atoms with E-state index in [-0.39, 0.29) is 0 Å². The lowest BCUT2D eigenvalue weighted by Gasteiger charge is -2.29. The molecule has 3 nitrogen and oxygen atoms in total. The number of carbonyl (C=O) groups is 1. The third-order valence-corrected chi connectivity index (χ3v) is 4.95. The van der Waals surface area contributed by atoms with E-state index in [1.165, 1.54) is 51.4 Å². The van der Waals surface area contributed by atoms with Crippen molar-refractivity contribution in [1.82, 2.24) is 10.6 Å². The standard InChI is InChI=1S/C16H30N2O/c1-17-14-8-10-15(11-9-14)18-16(19)12-13-6-4-2-3-5-7-13/h13-15,17H,2-12H2,1H3,(H,18,19). The van der Waals surface area contributed by atoms with Crippen molar-refractivity contribution in [2.24, 2.45) is 5.92 Å². The second kappa shape index (κ2) is 7.88. The largest absolute Gasteiger partial charge is 0.353 e. The van der Waals surface area contributed by atoms with Gasteiger partial charge in [-0.05, 0) is 51.5 Å². The molecule has 19 heavy (non-hydrogen) atoms. The van der Waals surface area contributed by atoms with Gasteiger partial charge >= 0.3 is 0 Å². The Hall–Kier alpha value is -0.570. The van der Waals surface area contributed by atoms with Crippen molar-refractivity contribution in [3.8, 4) is 0 Å². The van der Waals surface area contributed by atoms with Crippen molar-refractivity contribution in [1.29, 1.82) is 0 Å². The third-order valence-electron chi connectivity index (χ3n) is 4.95. The summed E-state index contributed by atoms with van der Waals surface area (Å²) in [5, 5.41) is 6.60. The highest BCUT2D eigenvalue weighted by Crippen LogP contribution is 2.25. The highest BCUT2D eigenvalue weighted by atomic mass is 16.1. The molecule has 2 fully saturated rings. The molecule has 0 unspecified atom stereocenters. The van der Waals surface area contributed by atoms with E-state index >= 15 is 0 Å². The number of rotatable bonds is 4. The molecule has 110 valence electrons. The Morgan fingerprint density at radius 3 is 2.05 bits per heavy atom. The number of carbonyl (C=O) groups excluding carboxylic acids is 1. The Morgan fingerprint density at radius 2 is 1.47 bits per heavy atom. The monoisotopic (exact) mass is 266 g/mol. The lowest BCUT2D eigenvalue weighted by Crippen LogP contribution is -2.41. The molecule has 0 aromatic heterocycles.